The number of benzene rings is 2. The van der Waals surface area contributed by atoms with Crippen LogP contribution in [0.2, 0.25) is 0 Å². The summed E-state index contributed by atoms with van der Waals surface area (Å²) in [5, 5.41) is 46.4. The number of rotatable bonds is 5. The molecule has 0 aliphatic rings. The fourth-order valence-corrected chi connectivity index (χ4v) is 1.93. The topological polar surface area (TPSA) is 145 Å². The van der Waals surface area contributed by atoms with E-state index in [0.29, 0.717) is 5.56 Å². The Morgan fingerprint density at radius 3 is 2.04 bits per heavy atom. The molecular weight excluding hydrogens is 332 g/mol. The number of carbonyl (C=O) groups excluding carboxylic acids is 1. The van der Waals surface area contributed by atoms with E-state index in [2.05, 4.69) is 0 Å². The second kappa shape index (κ2) is 7.26. The lowest BCUT2D eigenvalue weighted by Crippen LogP contribution is -2.18. The average molecular weight is 346 g/mol. The number of hydrogen-bond donors (Lipinski definition) is 5. The van der Waals surface area contributed by atoms with Crippen LogP contribution in [0.25, 0.3) is 6.08 Å². The third-order valence-electron chi connectivity index (χ3n) is 3.17. The summed E-state index contributed by atoms with van der Waals surface area (Å²) >= 11 is 0. The monoisotopic (exact) mass is 346 g/mol. The predicted molar refractivity (Wildman–Crippen MR) is 85.0 cm³/mol. The number of carboxylic acid groups (broad SMARTS) is 1. The van der Waals surface area contributed by atoms with E-state index in [0.717, 1.165) is 18.2 Å². The van der Waals surface area contributed by atoms with Crippen LogP contribution in [0.15, 0.2) is 42.5 Å². The number of carbonyl (C=O) groups is 2. The van der Waals surface area contributed by atoms with Crippen LogP contribution in [0, 0.1) is 0 Å². The molecule has 2 aromatic rings. The van der Waals surface area contributed by atoms with Gasteiger partial charge in [0.2, 0.25) is 6.10 Å². The largest absolute Gasteiger partial charge is 0.504 e. The van der Waals surface area contributed by atoms with E-state index in [-0.39, 0.29) is 17.1 Å². The Hall–Kier alpha value is -3.68. The summed E-state index contributed by atoms with van der Waals surface area (Å²) in [6, 6.07) is 7.09. The second-order valence-corrected chi connectivity index (χ2v) is 4.98. The molecule has 1 atom stereocenters. The summed E-state index contributed by atoms with van der Waals surface area (Å²) in [5.41, 5.74) is 0.341. The van der Waals surface area contributed by atoms with Crippen molar-refractivity contribution in [3.05, 3.63) is 53.6 Å². The van der Waals surface area contributed by atoms with Crippen molar-refractivity contribution in [2.24, 2.45) is 0 Å². The second-order valence-electron chi connectivity index (χ2n) is 4.98. The Morgan fingerprint density at radius 2 is 1.48 bits per heavy atom. The van der Waals surface area contributed by atoms with E-state index in [1.54, 1.807) is 0 Å². The van der Waals surface area contributed by atoms with Gasteiger partial charge in [0.25, 0.3) is 0 Å². The van der Waals surface area contributed by atoms with E-state index in [4.69, 9.17) is 4.74 Å². The molecule has 0 heterocycles. The van der Waals surface area contributed by atoms with E-state index in [1.807, 2.05) is 0 Å². The summed E-state index contributed by atoms with van der Waals surface area (Å²) in [6.45, 7) is 0. The molecule has 0 fully saturated rings. The first kappa shape index (κ1) is 17.7. The molecule has 8 heteroatoms. The van der Waals surface area contributed by atoms with Crippen LogP contribution >= 0.6 is 0 Å². The molecule has 2 aromatic carbocycles. The SMILES string of the molecule is O=C(/C=C/c1ccc(O)c(O)c1)OC(C(=O)O)c1ccc(O)c(O)c1. The van der Waals surface area contributed by atoms with Gasteiger partial charge in [-0.05, 0) is 35.9 Å². The van der Waals surface area contributed by atoms with E-state index >= 15 is 0 Å². The number of carboxylic acids is 1. The first-order chi connectivity index (χ1) is 11.8. The van der Waals surface area contributed by atoms with Gasteiger partial charge in [0.15, 0.2) is 23.0 Å². The van der Waals surface area contributed by atoms with Crippen molar-refractivity contribution in [2.75, 3.05) is 0 Å². The molecular formula is C17H14O8. The van der Waals surface area contributed by atoms with E-state index < -0.39 is 29.5 Å². The third-order valence-corrected chi connectivity index (χ3v) is 3.17. The Bertz CT molecular complexity index is 841. The molecule has 25 heavy (non-hydrogen) atoms. The maximum atomic E-state index is 11.8. The van der Waals surface area contributed by atoms with E-state index in [1.165, 1.54) is 30.3 Å². The zero-order valence-electron chi connectivity index (χ0n) is 12.7. The van der Waals surface area contributed by atoms with Crippen LogP contribution in [-0.2, 0) is 14.3 Å². The van der Waals surface area contributed by atoms with Crippen molar-refractivity contribution in [1.82, 2.24) is 0 Å². The van der Waals surface area contributed by atoms with Gasteiger partial charge in [0.05, 0.1) is 0 Å². The van der Waals surface area contributed by atoms with Gasteiger partial charge in [-0.2, -0.15) is 0 Å². The molecule has 8 nitrogen and oxygen atoms in total. The van der Waals surface area contributed by atoms with Crippen molar-refractivity contribution in [3.63, 3.8) is 0 Å². The van der Waals surface area contributed by atoms with Crippen LogP contribution in [0.5, 0.6) is 23.0 Å². The normalized spacial score (nSPS) is 12.0. The highest BCUT2D eigenvalue weighted by atomic mass is 16.6. The number of aromatic hydroxyl groups is 4. The lowest BCUT2D eigenvalue weighted by atomic mass is 10.1. The molecule has 5 N–H and O–H groups in total. The van der Waals surface area contributed by atoms with Gasteiger partial charge in [0, 0.05) is 11.6 Å². The van der Waals surface area contributed by atoms with Crippen molar-refractivity contribution < 1.29 is 39.9 Å². The van der Waals surface area contributed by atoms with Gasteiger partial charge < -0.3 is 30.3 Å². The quantitative estimate of drug-likeness (QED) is 0.313. The molecule has 0 aliphatic heterocycles. The number of esters is 1. The fourth-order valence-electron chi connectivity index (χ4n) is 1.93. The number of ether oxygens (including phenoxy) is 1. The molecule has 0 spiro atoms. The van der Waals surface area contributed by atoms with Crippen molar-refractivity contribution >= 4 is 18.0 Å². The van der Waals surface area contributed by atoms with Gasteiger partial charge in [-0.15, -0.1) is 0 Å². The Balaban J connectivity index is 2.14. The summed E-state index contributed by atoms with van der Waals surface area (Å²) < 4.78 is 4.84. The zero-order chi connectivity index (χ0) is 18.6. The van der Waals surface area contributed by atoms with Crippen LogP contribution in [0.3, 0.4) is 0 Å². The van der Waals surface area contributed by atoms with Crippen LogP contribution < -0.4 is 0 Å². The minimum Gasteiger partial charge on any atom is -0.504 e. The summed E-state index contributed by atoms with van der Waals surface area (Å²) in [5.74, 6) is -4.13. The Kier molecular flexibility index (Phi) is 5.13. The zero-order valence-corrected chi connectivity index (χ0v) is 12.7. The lowest BCUT2D eigenvalue weighted by molar-refractivity contribution is -0.161. The van der Waals surface area contributed by atoms with Crippen molar-refractivity contribution in [3.8, 4) is 23.0 Å². The number of hydrogen-bond acceptors (Lipinski definition) is 7. The van der Waals surface area contributed by atoms with Gasteiger partial charge in [-0.25, -0.2) is 9.59 Å². The molecule has 2 rings (SSSR count). The fraction of sp³-hybridized carbons (Fsp3) is 0.0588. The molecule has 130 valence electrons. The molecule has 0 amide bonds. The number of phenols is 4. The van der Waals surface area contributed by atoms with Gasteiger partial charge in [0.1, 0.15) is 0 Å². The van der Waals surface area contributed by atoms with Crippen LogP contribution in [0.1, 0.15) is 17.2 Å². The molecule has 0 saturated carbocycles. The number of phenolic OH excluding ortho intramolecular Hbond substituents is 4. The molecule has 0 aliphatic carbocycles. The van der Waals surface area contributed by atoms with Crippen LogP contribution in [-0.4, -0.2) is 37.5 Å². The first-order valence-corrected chi connectivity index (χ1v) is 6.93. The molecule has 0 aromatic heterocycles. The summed E-state index contributed by atoms with van der Waals surface area (Å²) in [7, 11) is 0. The number of aliphatic carboxylic acids is 1. The maximum absolute atomic E-state index is 11.8. The predicted octanol–water partition coefficient (Wildman–Crippen LogP) is 1.89. The maximum Gasteiger partial charge on any atom is 0.349 e. The smallest absolute Gasteiger partial charge is 0.349 e. The molecule has 0 bridgehead atoms. The Labute approximate surface area is 141 Å². The minimum absolute atomic E-state index is 0.0353. The highest BCUT2D eigenvalue weighted by Gasteiger charge is 2.24. The van der Waals surface area contributed by atoms with Crippen LogP contribution in [0.4, 0.5) is 0 Å². The van der Waals surface area contributed by atoms with Crippen molar-refractivity contribution in [2.45, 2.75) is 6.10 Å². The Morgan fingerprint density at radius 1 is 0.880 bits per heavy atom. The molecule has 0 saturated heterocycles. The standard InChI is InChI=1S/C17H14O8/c18-11-4-1-9(7-13(11)20)2-6-15(22)25-16(17(23)24)10-3-5-12(19)14(21)8-10/h1-8,16,18-21H,(H,23,24)/b6-2+. The molecule has 1 unspecified atom stereocenters. The first-order valence-electron chi connectivity index (χ1n) is 6.93. The van der Waals surface area contributed by atoms with Gasteiger partial charge >= 0.3 is 11.9 Å². The van der Waals surface area contributed by atoms with E-state index in [9.17, 15) is 35.1 Å². The average Bonchev–Trinajstić information content (AvgIpc) is 2.56. The lowest BCUT2D eigenvalue weighted by Gasteiger charge is -2.13. The highest BCUT2D eigenvalue weighted by molar-refractivity contribution is 5.89. The highest BCUT2D eigenvalue weighted by Crippen LogP contribution is 2.29. The molecule has 0 radical (unpaired) electrons. The van der Waals surface area contributed by atoms with Gasteiger partial charge in [-0.1, -0.05) is 12.1 Å². The van der Waals surface area contributed by atoms with Crippen molar-refractivity contribution in [1.29, 1.82) is 0 Å². The van der Waals surface area contributed by atoms with Gasteiger partial charge in [-0.3, -0.25) is 0 Å². The summed E-state index contributed by atoms with van der Waals surface area (Å²) in [4.78, 5) is 23.1. The summed E-state index contributed by atoms with van der Waals surface area (Å²) in [6.07, 6.45) is 0.522. The third kappa shape index (κ3) is 4.41. The minimum atomic E-state index is -1.68.